The lowest BCUT2D eigenvalue weighted by Gasteiger charge is -2.13. The van der Waals surface area contributed by atoms with Gasteiger partial charge >= 0.3 is 18.1 Å². The first kappa shape index (κ1) is 23.9. The van der Waals surface area contributed by atoms with E-state index in [1.165, 1.54) is 24.3 Å². The van der Waals surface area contributed by atoms with Gasteiger partial charge in [-0.15, -0.1) is 0 Å². The van der Waals surface area contributed by atoms with Gasteiger partial charge in [0.05, 0.1) is 42.3 Å². The van der Waals surface area contributed by atoms with E-state index < -0.39 is 40.8 Å². The summed E-state index contributed by atoms with van der Waals surface area (Å²) in [6.07, 6.45) is -3.84. The zero-order valence-corrected chi connectivity index (χ0v) is 16.7. The van der Waals surface area contributed by atoms with Crippen LogP contribution in [0.3, 0.4) is 0 Å². The quantitative estimate of drug-likeness (QED) is 0.394. The molecule has 8 nitrogen and oxygen atoms in total. The van der Waals surface area contributed by atoms with Crippen molar-refractivity contribution in [3.63, 3.8) is 0 Å². The molecule has 0 fully saturated rings. The standard InChI is InChI=1S/C21H16F3N3O5/c1-31-19(29)12-7-8-14(20(30)32-2)17(9-12)26-11-13(10-25)18(28)27-16-6-4-3-5-15(16)21(22,23)24/h3-9,11,26H,1-2H3,(H,27,28)/b13-11-. The maximum atomic E-state index is 13.1. The van der Waals surface area contributed by atoms with Gasteiger partial charge in [0.15, 0.2) is 0 Å². The number of methoxy groups -OCH3 is 2. The highest BCUT2D eigenvalue weighted by molar-refractivity contribution is 6.07. The molecule has 0 bridgehead atoms. The van der Waals surface area contributed by atoms with Gasteiger partial charge in [0.2, 0.25) is 0 Å². The predicted molar refractivity (Wildman–Crippen MR) is 107 cm³/mol. The molecular weight excluding hydrogens is 431 g/mol. The van der Waals surface area contributed by atoms with Gasteiger partial charge in [-0.1, -0.05) is 12.1 Å². The van der Waals surface area contributed by atoms with E-state index >= 15 is 0 Å². The molecule has 1 amide bonds. The summed E-state index contributed by atoms with van der Waals surface area (Å²) in [6, 6.07) is 9.62. The number of nitrogens with zero attached hydrogens (tertiary/aromatic N) is 1. The predicted octanol–water partition coefficient (Wildman–Crippen LogP) is 3.74. The first-order chi connectivity index (χ1) is 15.1. The molecule has 0 aliphatic heterocycles. The molecule has 0 heterocycles. The summed E-state index contributed by atoms with van der Waals surface area (Å²) in [7, 11) is 2.28. The second kappa shape index (κ2) is 10.1. The van der Waals surface area contributed by atoms with Crippen LogP contribution in [0.15, 0.2) is 54.2 Å². The van der Waals surface area contributed by atoms with E-state index in [0.29, 0.717) is 0 Å². The number of para-hydroxylation sites is 1. The van der Waals surface area contributed by atoms with Crippen LogP contribution in [0, 0.1) is 11.3 Å². The number of hydrogen-bond donors (Lipinski definition) is 2. The average Bonchev–Trinajstić information content (AvgIpc) is 2.77. The van der Waals surface area contributed by atoms with Crippen molar-refractivity contribution in [3.8, 4) is 6.07 Å². The minimum Gasteiger partial charge on any atom is -0.465 e. The monoisotopic (exact) mass is 447 g/mol. The van der Waals surface area contributed by atoms with Gasteiger partial charge in [0, 0.05) is 6.20 Å². The van der Waals surface area contributed by atoms with Gasteiger partial charge < -0.3 is 20.1 Å². The van der Waals surface area contributed by atoms with Crippen molar-refractivity contribution < 1.29 is 37.0 Å². The van der Waals surface area contributed by atoms with E-state index in [9.17, 15) is 32.8 Å². The molecule has 0 radical (unpaired) electrons. The number of benzene rings is 2. The number of hydrogen-bond acceptors (Lipinski definition) is 7. The van der Waals surface area contributed by atoms with E-state index in [0.717, 1.165) is 38.6 Å². The van der Waals surface area contributed by atoms with Crippen molar-refractivity contribution in [3.05, 3.63) is 70.9 Å². The van der Waals surface area contributed by atoms with Crippen molar-refractivity contribution >= 4 is 29.2 Å². The molecular formula is C21H16F3N3O5. The van der Waals surface area contributed by atoms with E-state index in [4.69, 9.17) is 0 Å². The van der Waals surface area contributed by atoms with Gasteiger partial charge in [-0.25, -0.2) is 9.59 Å². The Labute approximate surface area is 180 Å². The fraction of sp³-hybridized carbons (Fsp3) is 0.143. The van der Waals surface area contributed by atoms with Crippen molar-refractivity contribution in [1.82, 2.24) is 0 Å². The zero-order valence-electron chi connectivity index (χ0n) is 16.7. The third-order valence-corrected chi connectivity index (χ3v) is 4.06. The molecule has 0 aromatic heterocycles. The van der Waals surface area contributed by atoms with E-state index in [1.807, 2.05) is 5.32 Å². The molecule has 0 aliphatic rings. The van der Waals surface area contributed by atoms with Crippen LogP contribution < -0.4 is 10.6 Å². The number of ether oxygens (including phenoxy) is 2. The molecule has 11 heteroatoms. The van der Waals surface area contributed by atoms with Gasteiger partial charge in [-0.05, 0) is 30.3 Å². The molecule has 166 valence electrons. The van der Waals surface area contributed by atoms with Crippen molar-refractivity contribution in [2.24, 2.45) is 0 Å². The van der Waals surface area contributed by atoms with Crippen molar-refractivity contribution in [1.29, 1.82) is 5.26 Å². The number of alkyl halides is 3. The van der Waals surface area contributed by atoms with E-state index in [-0.39, 0.29) is 16.8 Å². The summed E-state index contributed by atoms with van der Waals surface area (Å²) in [5, 5.41) is 13.9. The third kappa shape index (κ3) is 5.63. The number of nitrogens with one attached hydrogen (secondary N) is 2. The van der Waals surface area contributed by atoms with Crippen LogP contribution in [-0.4, -0.2) is 32.1 Å². The van der Waals surface area contributed by atoms with Crippen LogP contribution in [-0.2, 0) is 20.4 Å². The molecule has 32 heavy (non-hydrogen) atoms. The smallest absolute Gasteiger partial charge is 0.418 e. The fourth-order valence-electron chi connectivity index (χ4n) is 2.52. The fourth-order valence-corrected chi connectivity index (χ4v) is 2.52. The normalized spacial score (nSPS) is 11.2. The number of nitriles is 1. The average molecular weight is 447 g/mol. The van der Waals surface area contributed by atoms with Crippen molar-refractivity contribution in [2.75, 3.05) is 24.9 Å². The summed E-state index contributed by atoms with van der Waals surface area (Å²) < 4.78 is 48.6. The minimum atomic E-state index is -4.72. The number of carbonyl (C=O) groups is 3. The highest BCUT2D eigenvalue weighted by Crippen LogP contribution is 2.34. The topological polar surface area (TPSA) is 118 Å². The molecule has 2 aromatic carbocycles. The molecule has 2 aromatic rings. The molecule has 0 aliphatic carbocycles. The number of rotatable bonds is 6. The summed E-state index contributed by atoms with van der Waals surface area (Å²) in [5.74, 6) is -2.62. The Kier molecular flexibility index (Phi) is 7.57. The Morgan fingerprint density at radius 1 is 1.00 bits per heavy atom. The molecule has 0 saturated carbocycles. The van der Waals surface area contributed by atoms with Crippen LogP contribution >= 0.6 is 0 Å². The van der Waals surface area contributed by atoms with E-state index in [1.54, 1.807) is 6.07 Å². The lowest BCUT2D eigenvalue weighted by Crippen LogP contribution is -2.18. The third-order valence-electron chi connectivity index (χ3n) is 4.06. The second-order valence-corrected chi connectivity index (χ2v) is 6.06. The molecule has 2 N–H and O–H groups in total. The number of amides is 1. The summed E-state index contributed by atoms with van der Waals surface area (Å²) >= 11 is 0. The molecule has 0 atom stereocenters. The molecule has 2 rings (SSSR count). The maximum absolute atomic E-state index is 13.1. The number of esters is 2. The van der Waals surface area contributed by atoms with Crippen LogP contribution in [0.4, 0.5) is 24.5 Å². The van der Waals surface area contributed by atoms with E-state index in [2.05, 4.69) is 14.8 Å². The lowest BCUT2D eigenvalue weighted by molar-refractivity contribution is -0.137. The van der Waals surface area contributed by atoms with Crippen LogP contribution in [0.25, 0.3) is 0 Å². The number of carbonyl (C=O) groups excluding carboxylic acids is 3. The summed E-state index contributed by atoms with van der Waals surface area (Å²) in [4.78, 5) is 36.1. The first-order valence-corrected chi connectivity index (χ1v) is 8.77. The van der Waals surface area contributed by atoms with Gasteiger partial charge in [0.25, 0.3) is 5.91 Å². The molecule has 0 saturated heterocycles. The van der Waals surface area contributed by atoms with Crippen LogP contribution in [0.1, 0.15) is 26.3 Å². The zero-order chi connectivity index (χ0) is 23.9. The number of halogens is 3. The summed E-state index contributed by atoms with van der Waals surface area (Å²) in [6.45, 7) is 0. The Balaban J connectivity index is 2.36. The van der Waals surface area contributed by atoms with Crippen LogP contribution in [0.5, 0.6) is 0 Å². The Morgan fingerprint density at radius 2 is 1.66 bits per heavy atom. The van der Waals surface area contributed by atoms with Gasteiger partial charge in [-0.3, -0.25) is 4.79 Å². The minimum absolute atomic E-state index is 0.00371. The second-order valence-electron chi connectivity index (χ2n) is 6.06. The Hall–Kier alpha value is -4.33. The Bertz CT molecular complexity index is 1120. The summed E-state index contributed by atoms with van der Waals surface area (Å²) in [5.41, 5.74) is -2.20. The lowest BCUT2D eigenvalue weighted by atomic mass is 10.1. The highest BCUT2D eigenvalue weighted by Gasteiger charge is 2.33. The van der Waals surface area contributed by atoms with Gasteiger partial charge in [0.1, 0.15) is 11.6 Å². The highest BCUT2D eigenvalue weighted by atomic mass is 19.4. The SMILES string of the molecule is COC(=O)c1ccc(C(=O)OC)c(N/C=C(/C#N)C(=O)Nc2ccccc2C(F)(F)F)c1. The van der Waals surface area contributed by atoms with Gasteiger partial charge in [-0.2, -0.15) is 18.4 Å². The van der Waals surface area contributed by atoms with Crippen LogP contribution in [0.2, 0.25) is 0 Å². The maximum Gasteiger partial charge on any atom is 0.418 e. The first-order valence-electron chi connectivity index (χ1n) is 8.77. The number of anilines is 2. The Morgan fingerprint density at radius 3 is 2.25 bits per heavy atom. The van der Waals surface area contributed by atoms with Crippen molar-refractivity contribution in [2.45, 2.75) is 6.18 Å². The molecule has 0 spiro atoms. The molecule has 0 unspecified atom stereocenters. The largest absolute Gasteiger partial charge is 0.465 e.